The van der Waals surface area contributed by atoms with Crippen LogP contribution in [0.15, 0.2) is 24.3 Å². The molecule has 1 amide bonds. The molecular formula is C15H20ClF3N2O2. The van der Waals surface area contributed by atoms with Crippen molar-refractivity contribution >= 4 is 18.3 Å². The number of carbonyl (C=O) groups excluding carboxylic acids is 1. The minimum absolute atomic E-state index is 0. The maximum Gasteiger partial charge on any atom is 0.416 e. The first-order chi connectivity index (χ1) is 10.4. The van der Waals surface area contributed by atoms with Crippen molar-refractivity contribution in [3.05, 3.63) is 29.8 Å². The Morgan fingerprint density at radius 1 is 1.39 bits per heavy atom. The van der Waals surface area contributed by atoms with E-state index >= 15 is 0 Å². The van der Waals surface area contributed by atoms with Gasteiger partial charge in [0.2, 0.25) is 0 Å². The second kappa shape index (κ2) is 8.98. The Bertz CT molecular complexity index is 506. The molecule has 1 heterocycles. The van der Waals surface area contributed by atoms with Crippen LogP contribution >= 0.6 is 12.4 Å². The number of carbonyl (C=O) groups is 1. The predicted octanol–water partition coefficient (Wildman–Crippen LogP) is 2.62. The molecule has 130 valence electrons. The number of hydrogen-bond donors (Lipinski definition) is 2. The van der Waals surface area contributed by atoms with Crippen molar-refractivity contribution in [3.8, 4) is 5.75 Å². The van der Waals surface area contributed by atoms with E-state index in [1.54, 1.807) is 0 Å². The van der Waals surface area contributed by atoms with Crippen molar-refractivity contribution < 1.29 is 22.7 Å². The van der Waals surface area contributed by atoms with Gasteiger partial charge in [-0.25, -0.2) is 0 Å². The number of ether oxygens (including phenoxy) is 1. The monoisotopic (exact) mass is 352 g/mol. The lowest BCUT2D eigenvalue weighted by atomic mass is 10.1. The van der Waals surface area contributed by atoms with E-state index < -0.39 is 11.7 Å². The van der Waals surface area contributed by atoms with Crippen LogP contribution in [0, 0.1) is 5.92 Å². The summed E-state index contributed by atoms with van der Waals surface area (Å²) in [5, 5.41) is 5.96. The van der Waals surface area contributed by atoms with Crippen LogP contribution in [0.25, 0.3) is 0 Å². The van der Waals surface area contributed by atoms with Crippen LogP contribution in [0.4, 0.5) is 13.2 Å². The highest BCUT2D eigenvalue weighted by Gasteiger charge is 2.30. The number of benzene rings is 1. The summed E-state index contributed by atoms with van der Waals surface area (Å²) in [7, 11) is 0. The molecule has 2 N–H and O–H groups in total. The number of hydrogen-bond acceptors (Lipinski definition) is 3. The van der Waals surface area contributed by atoms with E-state index in [0.717, 1.165) is 38.1 Å². The molecule has 1 aliphatic heterocycles. The number of rotatable bonds is 6. The molecule has 1 saturated heterocycles. The Morgan fingerprint density at radius 2 is 2.17 bits per heavy atom. The van der Waals surface area contributed by atoms with Crippen molar-refractivity contribution in [2.24, 2.45) is 5.92 Å². The summed E-state index contributed by atoms with van der Waals surface area (Å²) in [6.07, 6.45) is -2.42. The van der Waals surface area contributed by atoms with E-state index in [4.69, 9.17) is 4.74 Å². The molecule has 2 rings (SSSR count). The van der Waals surface area contributed by atoms with Gasteiger partial charge in [-0.1, -0.05) is 6.07 Å². The highest BCUT2D eigenvalue weighted by atomic mass is 35.5. The molecule has 0 bridgehead atoms. The SMILES string of the molecule is Cl.O=C(COc1cccc(C(F)(F)F)c1)NCCC1CCNC1. The van der Waals surface area contributed by atoms with Gasteiger partial charge < -0.3 is 15.4 Å². The maximum atomic E-state index is 12.5. The van der Waals surface area contributed by atoms with Gasteiger partial charge in [-0.2, -0.15) is 13.2 Å². The van der Waals surface area contributed by atoms with Crippen molar-refractivity contribution in [3.63, 3.8) is 0 Å². The molecule has 23 heavy (non-hydrogen) atoms. The third kappa shape index (κ3) is 6.66. The minimum Gasteiger partial charge on any atom is -0.484 e. The fourth-order valence-corrected chi connectivity index (χ4v) is 2.34. The standard InChI is InChI=1S/C15H19F3N2O2.ClH/c16-15(17,18)12-2-1-3-13(8-12)22-10-14(21)20-7-5-11-4-6-19-9-11;/h1-3,8,11,19H,4-7,9-10H2,(H,20,21);1H. The second-order valence-electron chi connectivity index (χ2n) is 5.31. The lowest BCUT2D eigenvalue weighted by Crippen LogP contribution is -2.30. The molecule has 8 heteroatoms. The second-order valence-corrected chi connectivity index (χ2v) is 5.31. The summed E-state index contributed by atoms with van der Waals surface area (Å²) in [4.78, 5) is 11.6. The summed E-state index contributed by atoms with van der Waals surface area (Å²) in [5.41, 5.74) is -0.792. The van der Waals surface area contributed by atoms with Gasteiger partial charge in [-0.3, -0.25) is 4.79 Å². The van der Waals surface area contributed by atoms with Crippen LogP contribution in [-0.4, -0.2) is 32.1 Å². The number of alkyl halides is 3. The van der Waals surface area contributed by atoms with Gasteiger partial charge in [0, 0.05) is 6.54 Å². The topological polar surface area (TPSA) is 50.4 Å². The molecule has 1 fully saturated rings. The molecular weight excluding hydrogens is 333 g/mol. The summed E-state index contributed by atoms with van der Waals surface area (Å²) < 4.78 is 42.7. The lowest BCUT2D eigenvalue weighted by molar-refractivity contribution is -0.137. The molecule has 0 aliphatic carbocycles. The smallest absolute Gasteiger partial charge is 0.416 e. The van der Waals surface area contributed by atoms with E-state index in [-0.39, 0.29) is 30.7 Å². The van der Waals surface area contributed by atoms with E-state index in [1.807, 2.05) is 0 Å². The number of nitrogens with one attached hydrogen (secondary N) is 2. The molecule has 0 aromatic heterocycles. The quantitative estimate of drug-likeness (QED) is 0.827. The van der Waals surface area contributed by atoms with Crippen molar-refractivity contribution in [2.45, 2.75) is 19.0 Å². The summed E-state index contributed by atoms with van der Waals surface area (Å²) >= 11 is 0. The van der Waals surface area contributed by atoms with Crippen molar-refractivity contribution in [2.75, 3.05) is 26.2 Å². The van der Waals surface area contributed by atoms with Crippen LogP contribution < -0.4 is 15.4 Å². The Labute approximate surface area is 139 Å². The third-order valence-corrected chi connectivity index (χ3v) is 3.57. The number of halogens is 4. The fourth-order valence-electron chi connectivity index (χ4n) is 2.34. The molecule has 1 aromatic rings. The van der Waals surface area contributed by atoms with Gasteiger partial charge in [0.15, 0.2) is 6.61 Å². The zero-order chi connectivity index (χ0) is 16.0. The van der Waals surface area contributed by atoms with E-state index in [0.29, 0.717) is 12.5 Å². The third-order valence-electron chi connectivity index (χ3n) is 3.57. The minimum atomic E-state index is -4.42. The Hall–Kier alpha value is -1.47. The Balaban J connectivity index is 0.00000264. The van der Waals surface area contributed by atoms with Crippen LogP contribution in [0.1, 0.15) is 18.4 Å². The summed E-state index contributed by atoms with van der Waals surface area (Å²) in [6.45, 7) is 2.25. The highest BCUT2D eigenvalue weighted by Crippen LogP contribution is 2.31. The average Bonchev–Trinajstić information content (AvgIpc) is 2.98. The van der Waals surface area contributed by atoms with Gasteiger partial charge >= 0.3 is 6.18 Å². The van der Waals surface area contributed by atoms with Crippen molar-refractivity contribution in [1.29, 1.82) is 0 Å². The highest BCUT2D eigenvalue weighted by molar-refractivity contribution is 5.85. The lowest BCUT2D eigenvalue weighted by Gasteiger charge is -2.11. The molecule has 1 aliphatic rings. The largest absolute Gasteiger partial charge is 0.484 e. The fraction of sp³-hybridized carbons (Fsp3) is 0.533. The first-order valence-electron chi connectivity index (χ1n) is 7.22. The Kier molecular flexibility index (Phi) is 7.64. The zero-order valence-corrected chi connectivity index (χ0v) is 13.3. The van der Waals surface area contributed by atoms with Crippen LogP contribution in [0.2, 0.25) is 0 Å². The van der Waals surface area contributed by atoms with Gasteiger partial charge in [-0.15, -0.1) is 12.4 Å². The van der Waals surface area contributed by atoms with Gasteiger partial charge in [-0.05, 0) is 50.0 Å². The van der Waals surface area contributed by atoms with E-state index in [1.165, 1.54) is 12.1 Å². The average molecular weight is 353 g/mol. The normalized spacial score (nSPS) is 17.4. The summed E-state index contributed by atoms with van der Waals surface area (Å²) in [5.74, 6) is 0.276. The first kappa shape index (κ1) is 19.6. The maximum absolute atomic E-state index is 12.5. The summed E-state index contributed by atoms with van der Waals surface area (Å²) in [6, 6.07) is 4.50. The van der Waals surface area contributed by atoms with Gasteiger partial charge in [0.1, 0.15) is 5.75 Å². The number of amides is 1. The van der Waals surface area contributed by atoms with Crippen LogP contribution in [0.5, 0.6) is 5.75 Å². The van der Waals surface area contributed by atoms with E-state index in [9.17, 15) is 18.0 Å². The molecule has 1 unspecified atom stereocenters. The van der Waals surface area contributed by atoms with Gasteiger partial charge in [0.25, 0.3) is 5.91 Å². The molecule has 0 spiro atoms. The van der Waals surface area contributed by atoms with Crippen LogP contribution in [0.3, 0.4) is 0 Å². The van der Waals surface area contributed by atoms with Crippen LogP contribution in [-0.2, 0) is 11.0 Å². The van der Waals surface area contributed by atoms with E-state index in [2.05, 4.69) is 10.6 Å². The first-order valence-corrected chi connectivity index (χ1v) is 7.22. The van der Waals surface area contributed by atoms with Crippen molar-refractivity contribution in [1.82, 2.24) is 10.6 Å². The zero-order valence-electron chi connectivity index (χ0n) is 12.5. The van der Waals surface area contributed by atoms with Gasteiger partial charge in [0.05, 0.1) is 5.56 Å². The molecule has 1 atom stereocenters. The molecule has 4 nitrogen and oxygen atoms in total. The predicted molar refractivity (Wildman–Crippen MR) is 82.8 cm³/mol. The molecule has 0 radical (unpaired) electrons. The Morgan fingerprint density at radius 3 is 2.83 bits per heavy atom. The molecule has 1 aromatic carbocycles. The molecule has 0 saturated carbocycles.